The number of para-hydroxylation sites is 2. The van der Waals surface area contributed by atoms with Crippen LogP contribution in [0.5, 0.6) is 5.75 Å². The Bertz CT molecular complexity index is 796. The maximum absolute atomic E-state index is 10.3. The molecule has 0 unspecified atom stereocenters. The zero-order chi connectivity index (χ0) is 16.9. The highest BCUT2D eigenvalue weighted by molar-refractivity contribution is 5.75. The Morgan fingerprint density at radius 1 is 1.12 bits per heavy atom. The number of fused-ring (bicyclic) bond motifs is 1. The molecule has 5 nitrogen and oxygen atoms in total. The van der Waals surface area contributed by atoms with Gasteiger partial charge in [-0.1, -0.05) is 24.3 Å². The minimum atomic E-state index is -0.584. The molecule has 3 aromatic rings. The van der Waals surface area contributed by atoms with Gasteiger partial charge in [-0.2, -0.15) is 0 Å². The smallest absolute Gasteiger partial charge is 0.118 e. The first-order valence-corrected chi connectivity index (χ1v) is 7.98. The Balaban J connectivity index is 1.55. The quantitative estimate of drug-likeness (QED) is 0.725. The lowest BCUT2D eigenvalue weighted by atomic mass is 10.2. The second kappa shape index (κ2) is 7.47. The van der Waals surface area contributed by atoms with E-state index in [1.165, 1.54) is 0 Å². The van der Waals surface area contributed by atoms with Crippen molar-refractivity contribution < 1.29 is 14.6 Å². The molecule has 3 rings (SSSR count). The summed E-state index contributed by atoms with van der Waals surface area (Å²) < 4.78 is 12.8. The fraction of sp³-hybridized carbons (Fsp3) is 0.316. The second-order valence-electron chi connectivity index (χ2n) is 5.78. The van der Waals surface area contributed by atoms with Gasteiger partial charge in [-0.15, -0.1) is 0 Å². The summed E-state index contributed by atoms with van der Waals surface area (Å²) in [6, 6.07) is 15.6. The van der Waals surface area contributed by atoms with Crippen LogP contribution in [0.4, 0.5) is 0 Å². The highest BCUT2D eigenvalue weighted by Crippen LogP contribution is 2.16. The molecule has 1 aromatic heterocycles. The van der Waals surface area contributed by atoms with E-state index in [0.717, 1.165) is 28.2 Å². The third-order valence-corrected chi connectivity index (χ3v) is 3.98. The van der Waals surface area contributed by atoms with Crippen molar-refractivity contribution in [2.24, 2.45) is 0 Å². The molecule has 0 spiro atoms. The van der Waals surface area contributed by atoms with Crippen LogP contribution in [0, 0.1) is 6.92 Å². The van der Waals surface area contributed by atoms with Crippen LogP contribution in [0.3, 0.4) is 0 Å². The molecule has 0 bridgehead atoms. The molecule has 0 amide bonds. The molecule has 1 N–H and O–H groups in total. The van der Waals surface area contributed by atoms with Crippen molar-refractivity contribution in [2.75, 3.05) is 13.7 Å². The molecule has 0 saturated carbocycles. The van der Waals surface area contributed by atoms with Crippen molar-refractivity contribution in [3.8, 4) is 5.75 Å². The zero-order valence-electron chi connectivity index (χ0n) is 14.0. The normalized spacial score (nSPS) is 12.5. The Morgan fingerprint density at radius 3 is 2.62 bits per heavy atom. The molecule has 0 aliphatic heterocycles. The predicted molar refractivity (Wildman–Crippen MR) is 93.1 cm³/mol. The second-order valence-corrected chi connectivity index (χ2v) is 5.78. The molecule has 24 heavy (non-hydrogen) atoms. The van der Waals surface area contributed by atoms with Gasteiger partial charge < -0.3 is 19.1 Å². The van der Waals surface area contributed by atoms with Crippen LogP contribution in [0.1, 0.15) is 11.4 Å². The zero-order valence-corrected chi connectivity index (χ0v) is 14.0. The topological polar surface area (TPSA) is 56.5 Å². The van der Waals surface area contributed by atoms with Gasteiger partial charge in [0.1, 0.15) is 11.6 Å². The number of nitrogens with zero attached hydrogens (tertiary/aromatic N) is 2. The van der Waals surface area contributed by atoms with Gasteiger partial charge in [0, 0.05) is 0 Å². The van der Waals surface area contributed by atoms with Gasteiger partial charge in [0.05, 0.1) is 44.0 Å². The number of aliphatic hydroxyl groups is 1. The minimum absolute atomic E-state index is 0.276. The van der Waals surface area contributed by atoms with E-state index < -0.39 is 6.10 Å². The van der Waals surface area contributed by atoms with Crippen LogP contribution in [0.2, 0.25) is 0 Å². The van der Waals surface area contributed by atoms with Crippen LogP contribution in [0.15, 0.2) is 48.5 Å². The van der Waals surface area contributed by atoms with Gasteiger partial charge in [-0.25, -0.2) is 4.98 Å². The molecule has 5 heteroatoms. The molecule has 126 valence electrons. The van der Waals surface area contributed by atoms with Crippen molar-refractivity contribution in [1.82, 2.24) is 9.55 Å². The standard InChI is InChI=1S/C19H22N2O3/c1-14-20-18-5-3-4-6-19(18)21(14)11-16(22)13-24-12-15-7-9-17(23-2)10-8-15/h3-10,16,22H,11-13H2,1-2H3/t16-/m1/s1. The first-order chi connectivity index (χ1) is 11.7. The summed E-state index contributed by atoms with van der Waals surface area (Å²) in [4.78, 5) is 4.51. The highest BCUT2D eigenvalue weighted by Gasteiger charge is 2.11. The Hall–Kier alpha value is -2.37. The van der Waals surface area contributed by atoms with Crippen molar-refractivity contribution in [3.63, 3.8) is 0 Å². The van der Waals surface area contributed by atoms with Crippen LogP contribution < -0.4 is 4.74 Å². The number of aliphatic hydroxyl groups excluding tert-OH is 1. The molecule has 0 fully saturated rings. The van der Waals surface area contributed by atoms with Crippen molar-refractivity contribution in [2.45, 2.75) is 26.2 Å². The number of aromatic nitrogens is 2. The number of methoxy groups -OCH3 is 1. The summed E-state index contributed by atoms with van der Waals surface area (Å²) >= 11 is 0. The van der Waals surface area contributed by atoms with E-state index in [0.29, 0.717) is 13.2 Å². The fourth-order valence-electron chi connectivity index (χ4n) is 2.72. The average molecular weight is 326 g/mol. The number of hydrogen-bond donors (Lipinski definition) is 1. The van der Waals surface area contributed by atoms with Gasteiger partial charge in [0.2, 0.25) is 0 Å². The molecule has 0 saturated heterocycles. The number of aryl methyl sites for hydroxylation is 1. The van der Waals surface area contributed by atoms with Gasteiger partial charge in [-0.3, -0.25) is 0 Å². The average Bonchev–Trinajstić information content (AvgIpc) is 2.91. The van der Waals surface area contributed by atoms with Crippen LogP contribution in [-0.4, -0.2) is 34.5 Å². The van der Waals surface area contributed by atoms with Crippen molar-refractivity contribution >= 4 is 11.0 Å². The third kappa shape index (κ3) is 3.75. The third-order valence-electron chi connectivity index (χ3n) is 3.98. The molecule has 0 radical (unpaired) electrons. The van der Waals surface area contributed by atoms with Gasteiger partial charge in [0.25, 0.3) is 0 Å². The summed E-state index contributed by atoms with van der Waals surface area (Å²) in [6.45, 7) is 3.16. The predicted octanol–water partition coefficient (Wildman–Crippen LogP) is 2.93. The summed E-state index contributed by atoms with van der Waals surface area (Å²) in [7, 11) is 1.64. The lowest BCUT2D eigenvalue weighted by Crippen LogP contribution is -2.22. The van der Waals surface area contributed by atoms with E-state index in [2.05, 4.69) is 4.98 Å². The van der Waals surface area contributed by atoms with Crippen LogP contribution in [-0.2, 0) is 17.9 Å². The maximum atomic E-state index is 10.3. The number of imidazole rings is 1. The number of ether oxygens (including phenoxy) is 2. The lowest BCUT2D eigenvalue weighted by Gasteiger charge is -2.14. The Morgan fingerprint density at radius 2 is 1.88 bits per heavy atom. The fourth-order valence-corrected chi connectivity index (χ4v) is 2.72. The number of benzene rings is 2. The summed E-state index contributed by atoms with van der Waals surface area (Å²) in [5.74, 6) is 1.71. The molecule has 0 aliphatic carbocycles. The van der Waals surface area contributed by atoms with E-state index >= 15 is 0 Å². The lowest BCUT2D eigenvalue weighted by molar-refractivity contribution is 0.0206. The van der Waals surface area contributed by atoms with Crippen LogP contribution in [0.25, 0.3) is 11.0 Å². The van der Waals surface area contributed by atoms with E-state index in [4.69, 9.17) is 9.47 Å². The van der Waals surface area contributed by atoms with E-state index in [1.54, 1.807) is 7.11 Å². The SMILES string of the molecule is COc1ccc(COC[C@H](O)Cn2c(C)nc3ccccc32)cc1. The number of hydrogen-bond acceptors (Lipinski definition) is 4. The van der Waals surface area contributed by atoms with E-state index in [-0.39, 0.29) is 6.61 Å². The van der Waals surface area contributed by atoms with E-state index in [1.807, 2.05) is 60.0 Å². The monoisotopic (exact) mass is 326 g/mol. The molecule has 1 atom stereocenters. The number of rotatable bonds is 7. The van der Waals surface area contributed by atoms with Crippen molar-refractivity contribution in [3.05, 3.63) is 59.9 Å². The maximum Gasteiger partial charge on any atom is 0.118 e. The first kappa shape index (κ1) is 16.5. The molecular weight excluding hydrogens is 304 g/mol. The molecule has 1 heterocycles. The Kier molecular flexibility index (Phi) is 5.13. The molecule has 0 aliphatic rings. The summed E-state index contributed by atoms with van der Waals surface area (Å²) in [5.41, 5.74) is 3.03. The summed E-state index contributed by atoms with van der Waals surface area (Å²) in [5, 5.41) is 10.3. The van der Waals surface area contributed by atoms with Gasteiger partial charge in [0.15, 0.2) is 0 Å². The Labute approximate surface area is 141 Å². The summed E-state index contributed by atoms with van der Waals surface area (Å²) in [6.07, 6.45) is -0.584. The van der Waals surface area contributed by atoms with Crippen molar-refractivity contribution in [1.29, 1.82) is 0 Å². The van der Waals surface area contributed by atoms with Crippen LogP contribution >= 0.6 is 0 Å². The van der Waals surface area contributed by atoms with Gasteiger partial charge in [-0.05, 0) is 36.8 Å². The highest BCUT2D eigenvalue weighted by atomic mass is 16.5. The molecule has 2 aromatic carbocycles. The minimum Gasteiger partial charge on any atom is -0.497 e. The molecular formula is C19H22N2O3. The van der Waals surface area contributed by atoms with Gasteiger partial charge >= 0.3 is 0 Å². The first-order valence-electron chi connectivity index (χ1n) is 7.98. The largest absolute Gasteiger partial charge is 0.497 e. The van der Waals surface area contributed by atoms with E-state index in [9.17, 15) is 5.11 Å².